The van der Waals surface area contributed by atoms with E-state index in [-0.39, 0.29) is 5.91 Å². The zero-order valence-corrected chi connectivity index (χ0v) is 15.8. The average Bonchev–Trinajstić information content (AvgIpc) is 3.51. The highest BCUT2D eigenvalue weighted by molar-refractivity contribution is 6.04. The van der Waals surface area contributed by atoms with Crippen LogP contribution in [-0.2, 0) is 0 Å². The van der Waals surface area contributed by atoms with Gasteiger partial charge in [0.15, 0.2) is 5.82 Å². The van der Waals surface area contributed by atoms with Gasteiger partial charge in [-0.1, -0.05) is 12.1 Å². The summed E-state index contributed by atoms with van der Waals surface area (Å²) in [5, 5.41) is 11.0. The van der Waals surface area contributed by atoms with Crippen LogP contribution in [0.1, 0.15) is 29.2 Å². The predicted octanol–water partition coefficient (Wildman–Crippen LogP) is 3.51. The Kier molecular flexibility index (Phi) is 4.60. The predicted molar refractivity (Wildman–Crippen MR) is 108 cm³/mol. The lowest BCUT2D eigenvalue weighted by Crippen LogP contribution is -2.13. The summed E-state index contributed by atoms with van der Waals surface area (Å²) in [6.45, 7) is 0. The number of anilines is 1. The Bertz CT molecular complexity index is 1190. The number of carbonyl (C=O) groups is 1. The molecule has 148 valence electrons. The molecule has 9 nitrogen and oxygen atoms in total. The SMILES string of the molecule is O=C(Nc1cccc(-c2nncn2C2CC2)n1)c1cccc(Oc2cnccn2)c1. The molecule has 0 bridgehead atoms. The minimum absolute atomic E-state index is 0.298. The van der Waals surface area contributed by atoms with Crippen LogP contribution in [-0.4, -0.2) is 35.6 Å². The van der Waals surface area contributed by atoms with Crippen LogP contribution in [0.2, 0.25) is 0 Å². The minimum Gasteiger partial charge on any atom is -0.437 e. The van der Waals surface area contributed by atoms with E-state index in [1.54, 1.807) is 42.9 Å². The zero-order valence-electron chi connectivity index (χ0n) is 15.8. The average molecular weight is 399 g/mol. The van der Waals surface area contributed by atoms with E-state index in [4.69, 9.17) is 4.74 Å². The Morgan fingerprint density at radius 1 is 1.13 bits per heavy atom. The highest BCUT2D eigenvalue weighted by Crippen LogP contribution is 2.37. The Morgan fingerprint density at radius 3 is 2.87 bits per heavy atom. The fraction of sp³-hybridized carbons (Fsp3) is 0.143. The van der Waals surface area contributed by atoms with Crippen LogP contribution in [0.3, 0.4) is 0 Å². The number of hydrogen-bond donors (Lipinski definition) is 1. The van der Waals surface area contributed by atoms with Crippen LogP contribution in [0.25, 0.3) is 11.5 Å². The van der Waals surface area contributed by atoms with Gasteiger partial charge in [-0.3, -0.25) is 9.78 Å². The van der Waals surface area contributed by atoms with Crippen LogP contribution in [0, 0.1) is 0 Å². The summed E-state index contributed by atoms with van der Waals surface area (Å²) in [6.07, 6.45) is 8.56. The van der Waals surface area contributed by atoms with Crippen molar-refractivity contribution in [1.82, 2.24) is 29.7 Å². The molecule has 0 unspecified atom stereocenters. The normalized spacial score (nSPS) is 13.1. The van der Waals surface area contributed by atoms with E-state index in [1.165, 1.54) is 12.4 Å². The summed E-state index contributed by atoms with van der Waals surface area (Å²) in [5.41, 5.74) is 1.10. The van der Waals surface area contributed by atoms with Crippen LogP contribution in [0.4, 0.5) is 5.82 Å². The van der Waals surface area contributed by atoms with E-state index in [9.17, 15) is 4.79 Å². The number of pyridine rings is 1. The first-order valence-corrected chi connectivity index (χ1v) is 9.48. The summed E-state index contributed by atoms with van der Waals surface area (Å²) in [6, 6.07) is 12.7. The van der Waals surface area contributed by atoms with Crippen molar-refractivity contribution in [3.8, 4) is 23.1 Å². The Morgan fingerprint density at radius 2 is 2.03 bits per heavy atom. The lowest BCUT2D eigenvalue weighted by atomic mass is 10.2. The third-order valence-corrected chi connectivity index (χ3v) is 4.59. The molecule has 0 aliphatic heterocycles. The minimum atomic E-state index is -0.298. The van der Waals surface area contributed by atoms with Crippen molar-refractivity contribution in [3.05, 3.63) is 72.9 Å². The molecule has 9 heteroatoms. The van der Waals surface area contributed by atoms with Crippen molar-refractivity contribution < 1.29 is 9.53 Å². The summed E-state index contributed by atoms with van der Waals surface area (Å²) < 4.78 is 7.67. The largest absolute Gasteiger partial charge is 0.437 e. The second-order valence-corrected chi connectivity index (χ2v) is 6.83. The summed E-state index contributed by atoms with van der Waals surface area (Å²) in [4.78, 5) is 25.3. The van der Waals surface area contributed by atoms with Crippen LogP contribution in [0.5, 0.6) is 11.6 Å². The first kappa shape index (κ1) is 17.9. The van der Waals surface area contributed by atoms with Gasteiger partial charge in [-0.05, 0) is 43.2 Å². The van der Waals surface area contributed by atoms with E-state index in [2.05, 4.69) is 30.5 Å². The van der Waals surface area contributed by atoms with Crippen LogP contribution >= 0.6 is 0 Å². The monoisotopic (exact) mass is 399 g/mol. The molecule has 3 aromatic heterocycles. The molecule has 1 amide bonds. The van der Waals surface area contributed by atoms with Gasteiger partial charge in [-0.15, -0.1) is 10.2 Å². The fourth-order valence-electron chi connectivity index (χ4n) is 3.02. The number of rotatable bonds is 6. The van der Waals surface area contributed by atoms with Gasteiger partial charge in [0.05, 0.1) is 6.20 Å². The Balaban J connectivity index is 1.33. The van der Waals surface area contributed by atoms with Crippen LogP contribution < -0.4 is 10.1 Å². The number of ether oxygens (including phenoxy) is 1. The number of nitrogens with one attached hydrogen (secondary N) is 1. The third kappa shape index (κ3) is 3.86. The molecule has 3 heterocycles. The Labute approximate surface area is 171 Å². The molecular weight excluding hydrogens is 382 g/mol. The van der Waals surface area contributed by atoms with E-state index < -0.39 is 0 Å². The first-order valence-electron chi connectivity index (χ1n) is 9.48. The maximum Gasteiger partial charge on any atom is 0.256 e. The topological polar surface area (TPSA) is 108 Å². The van der Waals surface area contributed by atoms with E-state index in [0.29, 0.717) is 40.6 Å². The molecule has 30 heavy (non-hydrogen) atoms. The summed E-state index contributed by atoms with van der Waals surface area (Å²) in [7, 11) is 0. The van der Waals surface area contributed by atoms with Crippen molar-refractivity contribution in [2.45, 2.75) is 18.9 Å². The van der Waals surface area contributed by atoms with Gasteiger partial charge in [-0.25, -0.2) is 9.97 Å². The number of hydrogen-bond acceptors (Lipinski definition) is 7. The van der Waals surface area contributed by atoms with Gasteiger partial charge in [-0.2, -0.15) is 0 Å². The summed E-state index contributed by atoms with van der Waals surface area (Å²) in [5.74, 6) is 1.68. The number of carbonyl (C=O) groups excluding carboxylic acids is 1. The molecule has 1 saturated carbocycles. The van der Waals surface area contributed by atoms with Gasteiger partial charge in [0, 0.05) is 24.0 Å². The molecule has 1 N–H and O–H groups in total. The number of nitrogens with zero attached hydrogens (tertiary/aromatic N) is 6. The maximum atomic E-state index is 12.7. The Hall–Kier alpha value is -4.14. The quantitative estimate of drug-likeness (QED) is 0.528. The van der Waals surface area contributed by atoms with E-state index in [1.807, 2.05) is 16.7 Å². The third-order valence-electron chi connectivity index (χ3n) is 4.59. The van der Waals surface area contributed by atoms with Gasteiger partial charge in [0.2, 0.25) is 5.88 Å². The molecule has 5 rings (SSSR count). The van der Waals surface area contributed by atoms with Crippen molar-refractivity contribution in [2.24, 2.45) is 0 Å². The molecule has 1 aliphatic rings. The lowest BCUT2D eigenvalue weighted by molar-refractivity contribution is 0.102. The molecule has 0 radical (unpaired) electrons. The van der Waals surface area contributed by atoms with Gasteiger partial charge >= 0.3 is 0 Å². The molecule has 1 aromatic carbocycles. The van der Waals surface area contributed by atoms with E-state index >= 15 is 0 Å². The molecule has 0 spiro atoms. The highest BCUT2D eigenvalue weighted by Gasteiger charge is 2.27. The standard InChI is InChI=1S/C21H17N7O2/c29-21(14-3-1-4-16(11-14)30-19-12-22-9-10-23-19)26-18-6-2-5-17(25-18)20-27-24-13-28(20)15-7-8-15/h1-6,9-13,15H,7-8H2,(H,25,26,29). The number of aromatic nitrogens is 6. The molecule has 0 saturated heterocycles. The molecule has 1 aliphatic carbocycles. The van der Waals surface area contributed by atoms with E-state index in [0.717, 1.165) is 12.8 Å². The second kappa shape index (κ2) is 7.70. The van der Waals surface area contributed by atoms with Crippen molar-refractivity contribution >= 4 is 11.7 Å². The van der Waals surface area contributed by atoms with Crippen molar-refractivity contribution in [2.75, 3.05) is 5.32 Å². The fourth-order valence-corrected chi connectivity index (χ4v) is 3.02. The van der Waals surface area contributed by atoms with Crippen molar-refractivity contribution in [1.29, 1.82) is 0 Å². The van der Waals surface area contributed by atoms with Gasteiger partial charge < -0.3 is 14.6 Å². The first-order chi connectivity index (χ1) is 14.8. The van der Waals surface area contributed by atoms with Crippen LogP contribution in [0.15, 0.2) is 67.4 Å². The number of amides is 1. The molecular formula is C21H17N7O2. The smallest absolute Gasteiger partial charge is 0.256 e. The zero-order chi connectivity index (χ0) is 20.3. The molecule has 4 aromatic rings. The lowest BCUT2D eigenvalue weighted by Gasteiger charge is -2.09. The van der Waals surface area contributed by atoms with Gasteiger partial charge in [0.1, 0.15) is 23.6 Å². The van der Waals surface area contributed by atoms with Gasteiger partial charge in [0.25, 0.3) is 5.91 Å². The summed E-state index contributed by atoms with van der Waals surface area (Å²) >= 11 is 0. The maximum absolute atomic E-state index is 12.7. The number of benzene rings is 1. The molecule has 1 fully saturated rings. The second-order valence-electron chi connectivity index (χ2n) is 6.83. The highest BCUT2D eigenvalue weighted by atomic mass is 16.5. The van der Waals surface area contributed by atoms with Crippen molar-refractivity contribution in [3.63, 3.8) is 0 Å². The molecule has 0 atom stereocenters.